The van der Waals surface area contributed by atoms with Crippen LogP contribution in [-0.4, -0.2) is 25.8 Å². The molecule has 1 rings (SSSR count). The van der Waals surface area contributed by atoms with E-state index in [1.807, 2.05) is 6.92 Å². The lowest BCUT2D eigenvalue weighted by molar-refractivity contribution is 0.105. The monoisotopic (exact) mass is 182 g/mol. The van der Waals surface area contributed by atoms with E-state index in [4.69, 9.17) is 10.00 Å². The van der Waals surface area contributed by atoms with Crippen LogP contribution in [0.2, 0.25) is 0 Å². The molecule has 0 amide bonds. The zero-order valence-electron chi connectivity index (χ0n) is 8.42. The number of hydrogen-bond acceptors (Lipinski definition) is 3. The fraction of sp³-hybridized carbons (Fsp3) is 0.900. The smallest absolute Gasteiger partial charge is 0.0666 e. The van der Waals surface area contributed by atoms with Crippen molar-refractivity contribution in [3.63, 3.8) is 0 Å². The summed E-state index contributed by atoms with van der Waals surface area (Å²) in [5.41, 5.74) is 0. The van der Waals surface area contributed by atoms with Crippen LogP contribution < -0.4 is 5.32 Å². The summed E-state index contributed by atoms with van der Waals surface area (Å²) < 4.78 is 5.44. The van der Waals surface area contributed by atoms with Crippen LogP contribution >= 0.6 is 0 Å². The van der Waals surface area contributed by atoms with Gasteiger partial charge >= 0.3 is 0 Å². The maximum absolute atomic E-state index is 8.56. The van der Waals surface area contributed by atoms with Crippen LogP contribution in [0.3, 0.4) is 0 Å². The zero-order valence-corrected chi connectivity index (χ0v) is 8.42. The van der Waals surface area contributed by atoms with E-state index in [1.54, 1.807) is 0 Å². The van der Waals surface area contributed by atoms with Crippen molar-refractivity contribution in [3.8, 4) is 6.07 Å². The highest BCUT2D eigenvalue weighted by atomic mass is 16.5. The average molecular weight is 182 g/mol. The predicted octanol–water partition coefficient (Wildman–Crippen LogP) is 1.16. The third-order valence-electron chi connectivity index (χ3n) is 2.61. The van der Waals surface area contributed by atoms with Gasteiger partial charge in [0.1, 0.15) is 0 Å². The molecule has 74 valence electrons. The normalized spacial score (nSPS) is 29.9. The second-order valence-corrected chi connectivity index (χ2v) is 3.81. The van der Waals surface area contributed by atoms with Crippen LogP contribution in [0.25, 0.3) is 0 Å². The Kier molecular flexibility index (Phi) is 4.20. The molecule has 1 N–H and O–H groups in total. The van der Waals surface area contributed by atoms with Crippen molar-refractivity contribution >= 4 is 0 Å². The number of nitrogens with zero attached hydrogens (tertiary/aromatic N) is 1. The molecular weight excluding hydrogens is 164 g/mol. The van der Waals surface area contributed by atoms with Crippen molar-refractivity contribution in [1.82, 2.24) is 5.32 Å². The maximum Gasteiger partial charge on any atom is 0.0666 e. The highest BCUT2D eigenvalue weighted by Gasteiger charge is 2.23. The Bertz CT molecular complexity index is 188. The van der Waals surface area contributed by atoms with Crippen LogP contribution in [-0.2, 0) is 4.74 Å². The Labute approximate surface area is 80.1 Å². The minimum absolute atomic E-state index is 0.109. The SMILES string of the molecule is CC(C#N)CNCC1CCOC1C. The van der Waals surface area contributed by atoms with Gasteiger partial charge in [-0.25, -0.2) is 0 Å². The van der Waals surface area contributed by atoms with Gasteiger partial charge in [-0.15, -0.1) is 0 Å². The van der Waals surface area contributed by atoms with Crippen LogP contribution in [0.4, 0.5) is 0 Å². The number of hydrogen-bond donors (Lipinski definition) is 1. The van der Waals surface area contributed by atoms with E-state index in [2.05, 4.69) is 18.3 Å². The highest BCUT2D eigenvalue weighted by molar-refractivity contribution is 4.81. The molecule has 0 radical (unpaired) electrons. The van der Waals surface area contributed by atoms with E-state index < -0.39 is 0 Å². The molecule has 1 fully saturated rings. The highest BCUT2D eigenvalue weighted by Crippen LogP contribution is 2.19. The zero-order chi connectivity index (χ0) is 9.68. The molecule has 0 spiro atoms. The molecule has 3 unspecified atom stereocenters. The Hall–Kier alpha value is -0.590. The molecule has 3 atom stereocenters. The van der Waals surface area contributed by atoms with E-state index in [0.717, 1.165) is 26.1 Å². The maximum atomic E-state index is 8.56. The summed E-state index contributed by atoms with van der Waals surface area (Å²) in [6, 6.07) is 2.21. The van der Waals surface area contributed by atoms with E-state index in [-0.39, 0.29) is 5.92 Å². The molecule has 1 saturated heterocycles. The van der Waals surface area contributed by atoms with E-state index in [1.165, 1.54) is 0 Å². The number of ether oxygens (including phenoxy) is 1. The molecule has 0 aromatic heterocycles. The van der Waals surface area contributed by atoms with Gasteiger partial charge in [-0.05, 0) is 26.2 Å². The van der Waals surface area contributed by atoms with Gasteiger partial charge < -0.3 is 10.1 Å². The third-order valence-corrected chi connectivity index (χ3v) is 2.61. The summed E-state index contributed by atoms with van der Waals surface area (Å²) in [4.78, 5) is 0. The van der Waals surface area contributed by atoms with Crippen molar-refractivity contribution in [2.45, 2.75) is 26.4 Å². The summed E-state index contributed by atoms with van der Waals surface area (Å²) in [6.07, 6.45) is 1.53. The first-order valence-corrected chi connectivity index (χ1v) is 4.96. The molecule has 0 aliphatic carbocycles. The quantitative estimate of drug-likeness (QED) is 0.709. The van der Waals surface area contributed by atoms with Crippen molar-refractivity contribution in [2.24, 2.45) is 11.8 Å². The van der Waals surface area contributed by atoms with Gasteiger partial charge in [0.15, 0.2) is 0 Å². The summed E-state index contributed by atoms with van der Waals surface area (Å²) in [7, 11) is 0. The summed E-state index contributed by atoms with van der Waals surface area (Å²) in [5.74, 6) is 0.739. The molecule has 3 nitrogen and oxygen atoms in total. The van der Waals surface area contributed by atoms with Gasteiger partial charge in [0.05, 0.1) is 18.1 Å². The molecule has 0 aromatic carbocycles. The van der Waals surface area contributed by atoms with Crippen LogP contribution in [0.15, 0.2) is 0 Å². The molecule has 0 bridgehead atoms. The predicted molar refractivity (Wildman–Crippen MR) is 51.2 cm³/mol. The lowest BCUT2D eigenvalue weighted by Crippen LogP contribution is -2.29. The molecule has 3 heteroatoms. The number of nitrogens with one attached hydrogen (secondary N) is 1. The van der Waals surface area contributed by atoms with Crippen LogP contribution in [0, 0.1) is 23.2 Å². The second-order valence-electron chi connectivity index (χ2n) is 3.81. The van der Waals surface area contributed by atoms with Crippen LogP contribution in [0.1, 0.15) is 20.3 Å². The Morgan fingerprint density at radius 3 is 3.00 bits per heavy atom. The van der Waals surface area contributed by atoms with Gasteiger partial charge in [0.25, 0.3) is 0 Å². The van der Waals surface area contributed by atoms with E-state index >= 15 is 0 Å². The summed E-state index contributed by atoms with van der Waals surface area (Å²) in [5, 5.41) is 11.9. The van der Waals surface area contributed by atoms with Crippen molar-refractivity contribution < 1.29 is 4.74 Å². The third kappa shape index (κ3) is 3.33. The van der Waals surface area contributed by atoms with Gasteiger partial charge in [-0.3, -0.25) is 0 Å². The molecule has 1 heterocycles. The lowest BCUT2D eigenvalue weighted by atomic mass is 10.0. The Morgan fingerprint density at radius 1 is 1.69 bits per heavy atom. The minimum atomic E-state index is 0.109. The molecule has 0 aromatic rings. The fourth-order valence-electron chi connectivity index (χ4n) is 1.58. The summed E-state index contributed by atoms with van der Waals surface area (Å²) >= 11 is 0. The van der Waals surface area contributed by atoms with Gasteiger partial charge in [-0.2, -0.15) is 5.26 Å². The molecule has 1 aliphatic heterocycles. The molecular formula is C10H18N2O. The molecule has 1 aliphatic rings. The first-order chi connectivity index (χ1) is 6.24. The van der Waals surface area contributed by atoms with Crippen molar-refractivity contribution in [3.05, 3.63) is 0 Å². The first-order valence-electron chi connectivity index (χ1n) is 4.96. The largest absolute Gasteiger partial charge is 0.378 e. The first kappa shape index (κ1) is 10.5. The number of nitriles is 1. The van der Waals surface area contributed by atoms with Gasteiger partial charge in [0, 0.05) is 19.7 Å². The lowest BCUT2D eigenvalue weighted by Gasteiger charge is -2.14. The topological polar surface area (TPSA) is 45.0 Å². The van der Waals surface area contributed by atoms with Gasteiger partial charge in [0.2, 0.25) is 0 Å². The molecule has 13 heavy (non-hydrogen) atoms. The van der Waals surface area contributed by atoms with Crippen molar-refractivity contribution in [1.29, 1.82) is 5.26 Å². The van der Waals surface area contributed by atoms with E-state index in [0.29, 0.717) is 12.0 Å². The average Bonchev–Trinajstić information content (AvgIpc) is 2.52. The standard InChI is InChI=1S/C10H18N2O/c1-8(5-11)6-12-7-10-3-4-13-9(10)2/h8-10,12H,3-4,6-7H2,1-2H3. The summed E-state index contributed by atoms with van der Waals surface area (Å²) in [6.45, 7) is 6.71. The fourth-order valence-corrected chi connectivity index (χ4v) is 1.58. The van der Waals surface area contributed by atoms with Crippen LogP contribution in [0.5, 0.6) is 0 Å². The van der Waals surface area contributed by atoms with Gasteiger partial charge in [-0.1, -0.05) is 0 Å². The van der Waals surface area contributed by atoms with Crippen molar-refractivity contribution in [2.75, 3.05) is 19.7 Å². The molecule has 0 saturated carbocycles. The Morgan fingerprint density at radius 2 is 2.46 bits per heavy atom. The number of rotatable bonds is 4. The second kappa shape index (κ2) is 5.21. The minimum Gasteiger partial charge on any atom is -0.378 e. The van der Waals surface area contributed by atoms with E-state index in [9.17, 15) is 0 Å². The Balaban J connectivity index is 2.09.